The summed E-state index contributed by atoms with van der Waals surface area (Å²) in [5, 5.41) is 16.3. The molecule has 1 amide bonds. The Kier molecular flexibility index (Phi) is 6.02. The molecule has 2 N–H and O–H groups in total. The second kappa shape index (κ2) is 8.84. The molecule has 0 unspecified atom stereocenters. The quantitative estimate of drug-likeness (QED) is 0.777. The number of carbonyl (C=O) groups excluding carboxylic acids is 1. The van der Waals surface area contributed by atoms with Crippen molar-refractivity contribution in [1.82, 2.24) is 20.1 Å². The number of hydrogen-bond donors (Lipinski definition) is 2. The van der Waals surface area contributed by atoms with Gasteiger partial charge in [0, 0.05) is 38.8 Å². The summed E-state index contributed by atoms with van der Waals surface area (Å²) in [5.41, 5.74) is 1.61. The highest BCUT2D eigenvalue weighted by Gasteiger charge is 2.29. The van der Waals surface area contributed by atoms with Crippen LogP contribution in [0.4, 0.5) is 10.5 Å². The Hall–Kier alpha value is -2.57. The van der Waals surface area contributed by atoms with E-state index in [4.69, 9.17) is 9.47 Å². The molecular weight excluding hydrogens is 372 g/mol. The van der Waals surface area contributed by atoms with Crippen molar-refractivity contribution in [3.05, 3.63) is 11.3 Å². The van der Waals surface area contributed by atoms with Gasteiger partial charge >= 0.3 is 6.09 Å². The van der Waals surface area contributed by atoms with Gasteiger partial charge in [-0.25, -0.2) is 9.78 Å². The number of nitrogens with one attached hydrogen (secondary N) is 2. The molecule has 156 valence electrons. The van der Waals surface area contributed by atoms with E-state index in [0.717, 1.165) is 57.6 Å². The van der Waals surface area contributed by atoms with Crippen molar-refractivity contribution >= 4 is 11.8 Å². The molecule has 9 nitrogen and oxygen atoms in total. The molecule has 2 saturated heterocycles. The Labute approximate surface area is 171 Å². The van der Waals surface area contributed by atoms with Crippen LogP contribution in [-0.4, -0.2) is 79.8 Å². The summed E-state index contributed by atoms with van der Waals surface area (Å²) < 4.78 is 11.7. The number of nitrogens with zero attached hydrogens (tertiary/aromatic N) is 4. The molecule has 9 heteroatoms. The van der Waals surface area contributed by atoms with Gasteiger partial charge in [-0.3, -0.25) is 0 Å². The van der Waals surface area contributed by atoms with E-state index >= 15 is 0 Å². The minimum atomic E-state index is -0.440. The Morgan fingerprint density at radius 3 is 2.83 bits per heavy atom. The van der Waals surface area contributed by atoms with Crippen LogP contribution in [0.5, 0.6) is 11.6 Å². The first-order valence-corrected chi connectivity index (χ1v) is 10.4. The van der Waals surface area contributed by atoms with Crippen LogP contribution >= 0.6 is 0 Å². The number of aromatic nitrogens is 1. The van der Waals surface area contributed by atoms with Crippen LogP contribution in [0.3, 0.4) is 0 Å². The summed E-state index contributed by atoms with van der Waals surface area (Å²) >= 11 is 0. The third-order valence-corrected chi connectivity index (χ3v) is 5.85. The standard InChI is InChI=1S/C20H28N6O3/c1-25-9-3-4-14(25)13-28-19-15(12-21)18(17-16(24-19)5-2-6-23-17)29-20(27)26-10-7-22-8-11-26/h14,22-23H,2-11,13H2,1H3/t14-/m0/s1. The van der Waals surface area contributed by atoms with Crippen LogP contribution in [0, 0.1) is 11.3 Å². The maximum Gasteiger partial charge on any atom is 0.415 e. The van der Waals surface area contributed by atoms with Gasteiger partial charge in [0.05, 0.1) is 5.69 Å². The third kappa shape index (κ3) is 4.23. The number of ether oxygens (including phenoxy) is 2. The topological polar surface area (TPSA) is 103 Å². The number of amides is 1. The molecule has 0 bridgehead atoms. The van der Waals surface area contributed by atoms with Gasteiger partial charge in [-0.05, 0) is 39.3 Å². The SMILES string of the molecule is CN1CCC[C@H]1COc1nc2c(c(OC(=O)N3CCNCC3)c1C#N)NCCC2. The van der Waals surface area contributed by atoms with Gasteiger partial charge in [0.1, 0.15) is 18.4 Å². The van der Waals surface area contributed by atoms with Gasteiger partial charge in [-0.2, -0.15) is 5.26 Å². The predicted octanol–water partition coefficient (Wildman–Crippen LogP) is 1.19. The fourth-order valence-corrected chi connectivity index (χ4v) is 4.09. The van der Waals surface area contributed by atoms with Gasteiger partial charge in [0.25, 0.3) is 0 Å². The number of aryl methyl sites for hydroxylation is 1. The predicted molar refractivity (Wildman–Crippen MR) is 107 cm³/mol. The van der Waals surface area contributed by atoms with Crippen LogP contribution in [0.1, 0.15) is 30.5 Å². The fraction of sp³-hybridized carbons (Fsp3) is 0.650. The van der Waals surface area contributed by atoms with Crippen molar-refractivity contribution in [3.8, 4) is 17.7 Å². The molecule has 0 aromatic carbocycles. The number of likely N-dealkylation sites (tertiary alicyclic amines) is 1. The number of fused-ring (bicyclic) bond motifs is 1. The average molecular weight is 400 g/mol. The molecule has 1 atom stereocenters. The summed E-state index contributed by atoms with van der Waals surface area (Å²) in [5.74, 6) is 0.508. The van der Waals surface area contributed by atoms with Crippen LogP contribution in [-0.2, 0) is 6.42 Å². The summed E-state index contributed by atoms with van der Waals surface area (Å²) in [6, 6.07) is 2.47. The van der Waals surface area contributed by atoms with Crippen LogP contribution < -0.4 is 20.1 Å². The molecule has 0 aliphatic carbocycles. The van der Waals surface area contributed by atoms with E-state index in [2.05, 4.69) is 33.6 Å². The maximum absolute atomic E-state index is 12.7. The van der Waals surface area contributed by atoms with E-state index in [9.17, 15) is 10.1 Å². The fourth-order valence-electron chi connectivity index (χ4n) is 4.09. The number of carbonyl (C=O) groups is 1. The van der Waals surface area contributed by atoms with Gasteiger partial charge < -0.3 is 29.9 Å². The number of hydrogen-bond acceptors (Lipinski definition) is 8. The zero-order valence-corrected chi connectivity index (χ0v) is 16.9. The lowest BCUT2D eigenvalue weighted by atomic mass is 10.1. The molecule has 0 spiro atoms. The van der Waals surface area contributed by atoms with Crippen LogP contribution in [0.25, 0.3) is 0 Å². The Balaban J connectivity index is 1.61. The number of pyridine rings is 1. The Bertz CT molecular complexity index is 802. The molecule has 1 aromatic heterocycles. The highest BCUT2D eigenvalue weighted by molar-refractivity contribution is 5.78. The largest absolute Gasteiger partial charge is 0.475 e. The van der Waals surface area contributed by atoms with Crippen molar-refractivity contribution < 1.29 is 14.3 Å². The van der Waals surface area contributed by atoms with E-state index in [-0.39, 0.29) is 17.2 Å². The molecule has 0 radical (unpaired) electrons. The molecule has 4 heterocycles. The maximum atomic E-state index is 12.7. The molecular formula is C20H28N6O3. The molecule has 3 aliphatic heterocycles. The van der Waals surface area contributed by atoms with Crippen molar-refractivity contribution in [1.29, 1.82) is 5.26 Å². The van der Waals surface area contributed by atoms with E-state index in [1.165, 1.54) is 0 Å². The second-order valence-electron chi connectivity index (χ2n) is 7.78. The third-order valence-electron chi connectivity index (χ3n) is 5.85. The first kappa shape index (κ1) is 19.7. The Morgan fingerprint density at radius 1 is 1.28 bits per heavy atom. The molecule has 29 heavy (non-hydrogen) atoms. The molecule has 3 aliphatic rings. The van der Waals surface area contributed by atoms with E-state index in [1.807, 2.05) is 0 Å². The first-order valence-electron chi connectivity index (χ1n) is 10.4. The van der Waals surface area contributed by atoms with Crippen molar-refractivity contribution in [3.63, 3.8) is 0 Å². The van der Waals surface area contributed by atoms with E-state index in [0.29, 0.717) is 31.4 Å². The molecule has 4 rings (SSSR count). The zero-order chi connectivity index (χ0) is 20.2. The van der Waals surface area contributed by atoms with E-state index < -0.39 is 6.09 Å². The number of piperazine rings is 1. The zero-order valence-electron chi connectivity index (χ0n) is 16.9. The van der Waals surface area contributed by atoms with Crippen molar-refractivity contribution in [2.24, 2.45) is 0 Å². The minimum absolute atomic E-state index is 0.183. The molecule has 0 saturated carbocycles. The van der Waals surface area contributed by atoms with Gasteiger partial charge in [0.2, 0.25) is 5.88 Å². The van der Waals surface area contributed by atoms with Crippen LogP contribution in [0.15, 0.2) is 0 Å². The number of likely N-dealkylation sites (N-methyl/N-ethyl adjacent to an activating group) is 1. The van der Waals surface area contributed by atoms with Gasteiger partial charge in [-0.1, -0.05) is 0 Å². The van der Waals surface area contributed by atoms with Crippen LogP contribution in [0.2, 0.25) is 0 Å². The molecule has 1 aromatic rings. The summed E-state index contributed by atoms with van der Waals surface area (Å²) in [6.07, 6.45) is 3.46. The summed E-state index contributed by atoms with van der Waals surface area (Å²) in [4.78, 5) is 21.2. The normalized spacial score (nSPS) is 21.8. The van der Waals surface area contributed by atoms with Crippen molar-refractivity contribution in [2.45, 2.75) is 31.7 Å². The lowest BCUT2D eigenvalue weighted by Crippen LogP contribution is -2.47. The number of anilines is 1. The Morgan fingerprint density at radius 2 is 2.10 bits per heavy atom. The molecule has 2 fully saturated rings. The average Bonchev–Trinajstić information content (AvgIpc) is 3.17. The number of nitriles is 1. The summed E-state index contributed by atoms with van der Waals surface area (Å²) in [6.45, 7) is 4.90. The highest BCUT2D eigenvalue weighted by Crippen LogP contribution is 2.39. The number of rotatable bonds is 4. The monoisotopic (exact) mass is 400 g/mol. The second-order valence-corrected chi connectivity index (χ2v) is 7.78. The lowest BCUT2D eigenvalue weighted by Gasteiger charge is -2.28. The first-order chi connectivity index (χ1) is 14.2. The van der Waals surface area contributed by atoms with Gasteiger partial charge in [0.15, 0.2) is 11.3 Å². The summed E-state index contributed by atoms with van der Waals surface area (Å²) in [7, 11) is 2.08. The van der Waals surface area contributed by atoms with Crippen molar-refractivity contribution in [2.75, 3.05) is 58.2 Å². The highest BCUT2D eigenvalue weighted by atomic mass is 16.6. The van der Waals surface area contributed by atoms with E-state index in [1.54, 1.807) is 4.90 Å². The smallest absolute Gasteiger partial charge is 0.415 e. The lowest BCUT2D eigenvalue weighted by molar-refractivity contribution is 0.145. The minimum Gasteiger partial charge on any atom is -0.475 e. The van der Waals surface area contributed by atoms with Gasteiger partial charge in [-0.15, -0.1) is 0 Å².